The molecule has 0 bridgehead atoms. The van der Waals surface area contributed by atoms with Gasteiger partial charge in [-0.3, -0.25) is 5.10 Å². The SMILES string of the molecule is CN(Cc1ccccc1CN)S(=O)(=O)c1cn[nH]c1. The van der Waals surface area contributed by atoms with Gasteiger partial charge in [0.1, 0.15) is 4.90 Å². The maximum absolute atomic E-state index is 12.2. The molecule has 19 heavy (non-hydrogen) atoms. The number of benzene rings is 1. The van der Waals surface area contributed by atoms with Gasteiger partial charge < -0.3 is 5.73 Å². The summed E-state index contributed by atoms with van der Waals surface area (Å²) >= 11 is 0. The lowest BCUT2D eigenvalue weighted by atomic mass is 10.1. The van der Waals surface area contributed by atoms with Crippen LogP contribution in [0.3, 0.4) is 0 Å². The standard InChI is InChI=1S/C12H16N4O2S/c1-16(19(17,18)12-7-14-15-8-12)9-11-5-3-2-4-10(11)6-13/h2-5,7-8H,6,9,13H2,1H3,(H,14,15). The second-order valence-corrected chi connectivity index (χ2v) is 6.21. The van der Waals surface area contributed by atoms with Gasteiger partial charge in [0.15, 0.2) is 0 Å². The topological polar surface area (TPSA) is 92.1 Å². The Morgan fingerprint density at radius 3 is 2.58 bits per heavy atom. The van der Waals surface area contributed by atoms with Crippen molar-refractivity contribution in [2.24, 2.45) is 5.73 Å². The largest absolute Gasteiger partial charge is 0.326 e. The minimum absolute atomic E-state index is 0.153. The zero-order chi connectivity index (χ0) is 13.9. The minimum atomic E-state index is -3.52. The first-order valence-electron chi connectivity index (χ1n) is 5.77. The van der Waals surface area contributed by atoms with Gasteiger partial charge in [-0.05, 0) is 11.1 Å². The highest BCUT2D eigenvalue weighted by atomic mass is 32.2. The van der Waals surface area contributed by atoms with Crippen molar-refractivity contribution in [3.63, 3.8) is 0 Å². The Labute approximate surface area is 112 Å². The Morgan fingerprint density at radius 2 is 2.00 bits per heavy atom. The first kappa shape index (κ1) is 13.7. The molecule has 1 aromatic carbocycles. The van der Waals surface area contributed by atoms with E-state index in [2.05, 4.69) is 10.2 Å². The Kier molecular flexibility index (Phi) is 3.98. The number of nitrogens with zero attached hydrogens (tertiary/aromatic N) is 2. The van der Waals surface area contributed by atoms with Crippen molar-refractivity contribution in [2.45, 2.75) is 18.0 Å². The molecule has 0 radical (unpaired) electrons. The van der Waals surface area contributed by atoms with Gasteiger partial charge in [0.25, 0.3) is 0 Å². The average Bonchev–Trinajstić information content (AvgIpc) is 2.93. The highest BCUT2D eigenvalue weighted by Crippen LogP contribution is 2.17. The van der Waals surface area contributed by atoms with Crippen molar-refractivity contribution < 1.29 is 8.42 Å². The molecule has 3 N–H and O–H groups in total. The number of aromatic amines is 1. The van der Waals surface area contributed by atoms with E-state index in [9.17, 15) is 8.42 Å². The smallest absolute Gasteiger partial charge is 0.246 e. The van der Waals surface area contributed by atoms with Crippen molar-refractivity contribution in [1.82, 2.24) is 14.5 Å². The maximum Gasteiger partial charge on any atom is 0.246 e. The molecule has 0 spiro atoms. The molecule has 6 nitrogen and oxygen atoms in total. The van der Waals surface area contributed by atoms with E-state index in [0.717, 1.165) is 11.1 Å². The van der Waals surface area contributed by atoms with Gasteiger partial charge in [-0.1, -0.05) is 24.3 Å². The fraction of sp³-hybridized carbons (Fsp3) is 0.250. The zero-order valence-corrected chi connectivity index (χ0v) is 11.4. The minimum Gasteiger partial charge on any atom is -0.326 e. The summed E-state index contributed by atoms with van der Waals surface area (Å²) in [5.41, 5.74) is 7.49. The van der Waals surface area contributed by atoms with E-state index < -0.39 is 10.0 Å². The van der Waals surface area contributed by atoms with Crippen LogP contribution in [-0.2, 0) is 23.1 Å². The second-order valence-electron chi connectivity index (χ2n) is 4.17. The molecule has 2 aromatic rings. The second kappa shape index (κ2) is 5.52. The lowest BCUT2D eigenvalue weighted by Gasteiger charge is -2.17. The van der Waals surface area contributed by atoms with Gasteiger partial charge >= 0.3 is 0 Å². The highest BCUT2D eigenvalue weighted by molar-refractivity contribution is 7.89. The number of rotatable bonds is 5. The number of aromatic nitrogens is 2. The summed E-state index contributed by atoms with van der Waals surface area (Å²) in [6.45, 7) is 0.663. The summed E-state index contributed by atoms with van der Waals surface area (Å²) < 4.78 is 25.7. The number of hydrogen-bond donors (Lipinski definition) is 2. The molecule has 0 atom stereocenters. The summed E-state index contributed by atoms with van der Waals surface area (Å²) in [5, 5.41) is 6.16. The van der Waals surface area contributed by atoms with E-state index in [0.29, 0.717) is 6.54 Å². The van der Waals surface area contributed by atoms with Crippen LogP contribution in [0.15, 0.2) is 41.6 Å². The van der Waals surface area contributed by atoms with Crippen LogP contribution in [0.2, 0.25) is 0 Å². The van der Waals surface area contributed by atoms with Crippen LogP contribution in [0.25, 0.3) is 0 Å². The molecular weight excluding hydrogens is 264 g/mol. The lowest BCUT2D eigenvalue weighted by Crippen LogP contribution is -2.26. The Balaban J connectivity index is 2.24. The predicted molar refractivity (Wildman–Crippen MR) is 71.6 cm³/mol. The third-order valence-electron chi connectivity index (χ3n) is 2.91. The molecule has 0 aliphatic heterocycles. The van der Waals surface area contributed by atoms with Gasteiger partial charge in [0.2, 0.25) is 10.0 Å². The summed E-state index contributed by atoms with van der Waals surface area (Å²) in [6.07, 6.45) is 2.65. The molecule has 0 aliphatic rings. The molecule has 0 saturated carbocycles. The van der Waals surface area contributed by atoms with Crippen molar-refractivity contribution in [3.8, 4) is 0 Å². The van der Waals surface area contributed by atoms with E-state index in [4.69, 9.17) is 5.73 Å². The average molecular weight is 280 g/mol. The Morgan fingerprint density at radius 1 is 1.32 bits per heavy atom. The van der Waals surface area contributed by atoms with Gasteiger partial charge in [-0.2, -0.15) is 9.40 Å². The normalized spacial score (nSPS) is 11.9. The fourth-order valence-electron chi connectivity index (χ4n) is 1.80. The van der Waals surface area contributed by atoms with E-state index in [1.807, 2.05) is 24.3 Å². The third-order valence-corrected chi connectivity index (χ3v) is 4.68. The van der Waals surface area contributed by atoms with Crippen LogP contribution < -0.4 is 5.73 Å². The summed E-state index contributed by atoms with van der Waals surface area (Å²) in [4.78, 5) is 0.153. The van der Waals surface area contributed by atoms with Crippen molar-refractivity contribution >= 4 is 10.0 Å². The Bertz CT molecular complexity index is 638. The van der Waals surface area contributed by atoms with Gasteiger partial charge in [0, 0.05) is 26.3 Å². The monoisotopic (exact) mass is 280 g/mol. The summed E-state index contributed by atoms with van der Waals surface area (Å²) in [7, 11) is -1.98. The maximum atomic E-state index is 12.2. The number of H-pyrrole nitrogens is 1. The zero-order valence-electron chi connectivity index (χ0n) is 10.6. The summed E-state index contributed by atoms with van der Waals surface area (Å²) in [5.74, 6) is 0. The molecule has 7 heteroatoms. The van der Waals surface area contributed by atoms with E-state index >= 15 is 0 Å². The van der Waals surface area contributed by atoms with Crippen LogP contribution in [0.5, 0.6) is 0 Å². The molecule has 0 saturated heterocycles. The van der Waals surface area contributed by atoms with Crippen LogP contribution in [-0.4, -0.2) is 30.0 Å². The molecule has 1 aromatic heterocycles. The van der Waals surface area contributed by atoms with Gasteiger partial charge in [0.05, 0.1) is 6.20 Å². The van der Waals surface area contributed by atoms with Crippen LogP contribution in [0.4, 0.5) is 0 Å². The van der Waals surface area contributed by atoms with Crippen LogP contribution in [0.1, 0.15) is 11.1 Å². The fourth-order valence-corrected chi connectivity index (χ4v) is 2.85. The number of nitrogens with one attached hydrogen (secondary N) is 1. The van der Waals surface area contributed by atoms with Crippen LogP contribution >= 0.6 is 0 Å². The van der Waals surface area contributed by atoms with Crippen molar-refractivity contribution in [2.75, 3.05) is 7.05 Å². The van der Waals surface area contributed by atoms with E-state index in [1.54, 1.807) is 0 Å². The lowest BCUT2D eigenvalue weighted by molar-refractivity contribution is 0.465. The molecule has 0 amide bonds. The van der Waals surface area contributed by atoms with Crippen molar-refractivity contribution in [3.05, 3.63) is 47.8 Å². The number of nitrogens with two attached hydrogens (primary N) is 1. The number of sulfonamides is 1. The van der Waals surface area contributed by atoms with E-state index in [1.165, 1.54) is 23.7 Å². The molecular formula is C12H16N4O2S. The van der Waals surface area contributed by atoms with E-state index in [-0.39, 0.29) is 11.4 Å². The highest BCUT2D eigenvalue weighted by Gasteiger charge is 2.22. The Hall–Kier alpha value is -1.70. The first-order chi connectivity index (χ1) is 9.05. The molecule has 2 rings (SSSR count). The van der Waals surface area contributed by atoms with Crippen LogP contribution in [0, 0.1) is 0 Å². The number of hydrogen-bond acceptors (Lipinski definition) is 4. The predicted octanol–water partition coefficient (Wildman–Crippen LogP) is 0.689. The molecule has 0 unspecified atom stereocenters. The summed E-state index contributed by atoms with van der Waals surface area (Å²) in [6, 6.07) is 7.53. The van der Waals surface area contributed by atoms with Gasteiger partial charge in [-0.15, -0.1) is 0 Å². The molecule has 0 fully saturated rings. The van der Waals surface area contributed by atoms with Gasteiger partial charge in [-0.25, -0.2) is 8.42 Å². The first-order valence-corrected chi connectivity index (χ1v) is 7.21. The van der Waals surface area contributed by atoms with Crippen molar-refractivity contribution in [1.29, 1.82) is 0 Å². The molecule has 102 valence electrons. The molecule has 0 aliphatic carbocycles. The molecule has 1 heterocycles. The quantitative estimate of drug-likeness (QED) is 0.842. The third kappa shape index (κ3) is 2.83.